The van der Waals surface area contributed by atoms with Crippen LogP contribution in [0.15, 0.2) is 18.2 Å². The molecule has 0 amide bonds. The van der Waals surface area contributed by atoms with Crippen LogP contribution in [0.25, 0.3) is 11.0 Å². The van der Waals surface area contributed by atoms with Gasteiger partial charge in [0.2, 0.25) is 0 Å². The summed E-state index contributed by atoms with van der Waals surface area (Å²) in [4.78, 5) is 15.5. The second-order valence-corrected chi connectivity index (χ2v) is 4.79. The number of aromatic carboxylic acids is 1. The second kappa shape index (κ2) is 4.33. The average molecular weight is 247 g/mol. The zero-order valence-corrected chi connectivity index (χ0v) is 11.0. The highest BCUT2D eigenvalue weighted by atomic mass is 16.4. The van der Waals surface area contributed by atoms with Gasteiger partial charge >= 0.3 is 5.97 Å². The number of hydrogen-bond donors (Lipinski definition) is 1. The van der Waals surface area contributed by atoms with E-state index in [0.717, 1.165) is 11.3 Å². The quantitative estimate of drug-likeness (QED) is 0.902. The van der Waals surface area contributed by atoms with E-state index in [1.807, 2.05) is 23.8 Å². The first kappa shape index (κ1) is 12.4. The van der Waals surface area contributed by atoms with Crippen LogP contribution in [0.5, 0.6) is 0 Å². The standard InChI is InChI=1S/C13H17N3O2/c1-8(2)12-14-10-7-9(13(17)18)5-6-11(10)16(12)15(3)4/h5-8H,1-4H3,(H,17,18). The van der Waals surface area contributed by atoms with Crippen molar-refractivity contribution in [2.24, 2.45) is 0 Å². The highest BCUT2D eigenvalue weighted by Gasteiger charge is 2.16. The minimum absolute atomic E-state index is 0.265. The molecule has 96 valence electrons. The average Bonchev–Trinajstić information content (AvgIpc) is 2.66. The number of carboxylic acid groups (broad SMARTS) is 1. The maximum absolute atomic E-state index is 11.0. The van der Waals surface area contributed by atoms with E-state index in [-0.39, 0.29) is 11.5 Å². The van der Waals surface area contributed by atoms with Gasteiger partial charge in [0.1, 0.15) is 5.82 Å². The smallest absolute Gasteiger partial charge is 0.335 e. The summed E-state index contributed by atoms with van der Waals surface area (Å²) in [5.74, 6) is 0.271. The van der Waals surface area contributed by atoms with Crippen molar-refractivity contribution in [1.82, 2.24) is 9.66 Å². The highest BCUT2D eigenvalue weighted by Crippen LogP contribution is 2.22. The Balaban J connectivity index is 2.72. The van der Waals surface area contributed by atoms with Crippen LogP contribution in [-0.4, -0.2) is 34.8 Å². The third-order valence-corrected chi connectivity index (χ3v) is 2.82. The van der Waals surface area contributed by atoms with E-state index < -0.39 is 5.97 Å². The summed E-state index contributed by atoms with van der Waals surface area (Å²) in [7, 11) is 3.89. The van der Waals surface area contributed by atoms with Crippen LogP contribution >= 0.6 is 0 Å². The molecular formula is C13H17N3O2. The molecule has 0 aliphatic rings. The molecule has 2 rings (SSSR count). The summed E-state index contributed by atoms with van der Waals surface area (Å²) >= 11 is 0. The molecule has 18 heavy (non-hydrogen) atoms. The maximum Gasteiger partial charge on any atom is 0.335 e. The molecule has 0 spiro atoms. The largest absolute Gasteiger partial charge is 0.478 e. The van der Waals surface area contributed by atoms with Gasteiger partial charge in [-0.3, -0.25) is 0 Å². The van der Waals surface area contributed by atoms with Crippen LogP contribution < -0.4 is 5.01 Å². The Labute approximate surface area is 106 Å². The molecule has 0 aliphatic heterocycles. The van der Waals surface area contributed by atoms with Gasteiger partial charge in [0.25, 0.3) is 0 Å². The fourth-order valence-electron chi connectivity index (χ4n) is 2.01. The van der Waals surface area contributed by atoms with Gasteiger partial charge in [0, 0.05) is 20.0 Å². The van der Waals surface area contributed by atoms with Gasteiger partial charge in [-0.25, -0.2) is 14.5 Å². The van der Waals surface area contributed by atoms with Crippen molar-refractivity contribution in [1.29, 1.82) is 0 Å². The molecule has 0 saturated heterocycles. The van der Waals surface area contributed by atoms with Gasteiger partial charge in [-0.05, 0) is 18.2 Å². The molecule has 0 radical (unpaired) electrons. The van der Waals surface area contributed by atoms with E-state index in [4.69, 9.17) is 5.11 Å². The lowest BCUT2D eigenvalue weighted by Gasteiger charge is -2.19. The minimum atomic E-state index is -0.928. The van der Waals surface area contributed by atoms with Gasteiger partial charge in [-0.2, -0.15) is 0 Å². The fraction of sp³-hybridized carbons (Fsp3) is 0.385. The van der Waals surface area contributed by atoms with Crippen LogP contribution in [-0.2, 0) is 0 Å². The molecule has 0 aliphatic carbocycles. The molecule has 2 aromatic rings. The molecule has 0 atom stereocenters. The molecule has 0 saturated carbocycles. The van der Waals surface area contributed by atoms with E-state index in [0.29, 0.717) is 5.52 Å². The van der Waals surface area contributed by atoms with Gasteiger partial charge < -0.3 is 10.1 Å². The van der Waals surface area contributed by atoms with Crippen LogP contribution in [0.1, 0.15) is 35.9 Å². The first-order valence-corrected chi connectivity index (χ1v) is 5.85. The lowest BCUT2D eigenvalue weighted by molar-refractivity contribution is 0.0697. The molecule has 1 aromatic heterocycles. The molecule has 5 heteroatoms. The Morgan fingerprint density at radius 3 is 2.56 bits per heavy atom. The number of carboxylic acids is 1. The Morgan fingerprint density at radius 2 is 2.06 bits per heavy atom. The van der Waals surface area contributed by atoms with Crippen molar-refractivity contribution in [3.63, 3.8) is 0 Å². The van der Waals surface area contributed by atoms with Crippen LogP contribution in [0.3, 0.4) is 0 Å². The van der Waals surface area contributed by atoms with Crippen molar-refractivity contribution in [3.8, 4) is 0 Å². The minimum Gasteiger partial charge on any atom is -0.478 e. The molecule has 0 unspecified atom stereocenters. The van der Waals surface area contributed by atoms with Crippen LogP contribution in [0, 0.1) is 0 Å². The molecular weight excluding hydrogens is 230 g/mol. The summed E-state index contributed by atoms with van der Waals surface area (Å²) in [6, 6.07) is 5.03. The molecule has 1 aromatic carbocycles. The van der Waals surface area contributed by atoms with Gasteiger partial charge in [-0.15, -0.1) is 0 Å². The summed E-state index contributed by atoms with van der Waals surface area (Å²) in [6.07, 6.45) is 0. The normalized spacial score (nSPS) is 11.2. The first-order chi connectivity index (χ1) is 8.41. The highest BCUT2D eigenvalue weighted by molar-refractivity contribution is 5.92. The topological polar surface area (TPSA) is 58.4 Å². The predicted molar refractivity (Wildman–Crippen MR) is 70.8 cm³/mol. The molecule has 0 fully saturated rings. The number of nitrogens with zero attached hydrogens (tertiary/aromatic N) is 3. The summed E-state index contributed by atoms with van der Waals surface area (Å²) < 4.78 is 2.01. The van der Waals surface area contributed by atoms with Gasteiger partial charge in [-0.1, -0.05) is 13.8 Å². The number of fused-ring (bicyclic) bond motifs is 1. The van der Waals surface area contributed by atoms with E-state index >= 15 is 0 Å². The van der Waals surface area contributed by atoms with Crippen molar-refractivity contribution in [2.45, 2.75) is 19.8 Å². The molecule has 1 N–H and O–H groups in total. The second-order valence-electron chi connectivity index (χ2n) is 4.79. The van der Waals surface area contributed by atoms with Crippen molar-refractivity contribution < 1.29 is 9.90 Å². The monoisotopic (exact) mass is 247 g/mol. The molecule has 1 heterocycles. The Morgan fingerprint density at radius 1 is 1.39 bits per heavy atom. The van der Waals surface area contributed by atoms with Crippen molar-refractivity contribution in [3.05, 3.63) is 29.6 Å². The van der Waals surface area contributed by atoms with E-state index in [1.54, 1.807) is 18.2 Å². The number of imidazole rings is 1. The third kappa shape index (κ3) is 1.92. The van der Waals surface area contributed by atoms with E-state index in [9.17, 15) is 4.79 Å². The number of aromatic nitrogens is 2. The number of rotatable bonds is 3. The zero-order chi connectivity index (χ0) is 13.4. The SMILES string of the molecule is CC(C)c1nc2cc(C(=O)O)ccc2n1N(C)C. The number of benzene rings is 1. The third-order valence-electron chi connectivity index (χ3n) is 2.82. The molecule has 5 nitrogen and oxygen atoms in total. The van der Waals surface area contributed by atoms with Crippen LogP contribution in [0.2, 0.25) is 0 Å². The van der Waals surface area contributed by atoms with Gasteiger partial charge in [0.05, 0.1) is 16.6 Å². The van der Waals surface area contributed by atoms with Crippen LogP contribution in [0.4, 0.5) is 0 Å². The van der Waals surface area contributed by atoms with Crippen molar-refractivity contribution in [2.75, 3.05) is 19.1 Å². The van der Waals surface area contributed by atoms with E-state index in [1.165, 1.54) is 0 Å². The Bertz CT molecular complexity index is 600. The summed E-state index contributed by atoms with van der Waals surface area (Å²) in [5.41, 5.74) is 1.90. The number of carbonyl (C=O) groups is 1. The Kier molecular flexibility index (Phi) is 2.98. The van der Waals surface area contributed by atoms with Crippen molar-refractivity contribution >= 4 is 17.0 Å². The lowest BCUT2D eigenvalue weighted by atomic mass is 10.2. The maximum atomic E-state index is 11.0. The summed E-state index contributed by atoms with van der Waals surface area (Å²) in [6.45, 7) is 4.14. The van der Waals surface area contributed by atoms with E-state index in [2.05, 4.69) is 18.8 Å². The van der Waals surface area contributed by atoms with Gasteiger partial charge in [0.15, 0.2) is 0 Å². The predicted octanol–water partition coefficient (Wildman–Crippen LogP) is 2.06. The lowest BCUT2D eigenvalue weighted by Crippen LogP contribution is -2.27. The zero-order valence-electron chi connectivity index (χ0n) is 11.0. The Hall–Kier alpha value is -2.04. The fourth-order valence-corrected chi connectivity index (χ4v) is 2.01. The number of hydrogen-bond acceptors (Lipinski definition) is 3. The first-order valence-electron chi connectivity index (χ1n) is 5.85. The summed E-state index contributed by atoms with van der Waals surface area (Å²) in [5, 5.41) is 10.9. The molecule has 0 bridgehead atoms.